The van der Waals surface area contributed by atoms with Crippen molar-refractivity contribution in [3.8, 4) is 0 Å². The number of rotatable bonds is 14. The smallest absolute Gasteiger partial charge is 0.264 e. The van der Waals surface area contributed by atoms with Crippen molar-refractivity contribution in [3.05, 3.63) is 95.0 Å². The highest BCUT2D eigenvalue weighted by Crippen LogP contribution is 2.31. The van der Waals surface area contributed by atoms with Crippen LogP contribution in [0, 0.1) is 6.92 Å². The summed E-state index contributed by atoms with van der Waals surface area (Å²) >= 11 is 6.38. The summed E-state index contributed by atoms with van der Waals surface area (Å²) in [6, 6.07) is 21.9. The largest absolute Gasteiger partial charge is 0.354 e. The van der Waals surface area contributed by atoms with Gasteiger partial charge in [-0.25, -0.2) is 8.42 Å². The van der Waals surface area contributed by atoms with Crippen molar-refractivity contribution in [3.63, 3.8) is 0 Å². The zero-order chi connectivity index (χ0) is 29.1. The molecular weight excluding hydrogens is 546 g/mol. The molecule has 0 saturated carbocycles. The van der Waals surface area contributed by atoms with E-state index in [1.165, 1.54) is 17.0 Å². The fourth-order valence-corrected chi connectivity index (χ4v) is 6.16. The normalized spacial score (nSPS) is 12.0. The third-order valence-electron chi connectivity index (χ3n) is 6.82. The molecule has 214 valence electrons. The quantitative estimate of drug-likeness (QED) is 0.250. The first-order valence-electron chi connectivity index (χ1n) is 13.6. The van der Waals surface area contributed by atoms with Crippen LogP contribution in [0.25, 0.3) is 0 Å². The fraction of sp³-hybridized carbons (Fsp3) is 0.355. The van der Waals surface area contributed by atoms with Gasteiger partial charge in [0, 0.05) is 18.1 Å². The summed E-state index contributed by atoms with van der Waals surface area (Å²) in [6.45, 7) is 5.91. The molecular formula is C31H38ClN3O4S. The van der Waals surface area contributed by atoms with Gasteiger partial charge in [-0.15, -0.1) is 0 Å². The van der Waals surface area contributed by atoms with E-state index >= 15 is 0 Å². The first-order chi connectivity index (χ1) is 19.2. The molecule has 0 aliphatic heterocycles. The number of hydrogen-bond donors (Lipinski definition) is 1. The van der Waals surface area contributed by atoms with Crippen molar-refractivity contribution < 1.29 is 18.0 Å². The number of benzene rings is 3. The van der Waals surface area contributed by atoms with E-state index in [4.69, 9.17) is 11.6 Å². The van der Waals surface area contributed by atoms with Gasteiger partial charge in [0.05, 0.1) is 10.6 Å². The molecule has 0 bridgehead atoms. The van der Waals surface area contributed by atoms with Crippen LogP contribution in [0.3, 0.4) is 0 Å². The molecule has 0 unspecified atom stereocenters. The Labute approximate surface area is 243 Å². The van der Waals surface area contributed by atoms with Crippen molar-refractivity contribution in [2.45, 2.75) is 57.4 Å². The topological polar surface area (TPSA) is 86.8 Å². The fourth-order valence-electron chi connectivity index (χ4n) is 4.50. The lowest BCUT2D eigenvalue weighted by Crippen LogP contribution is -2.53. The van der Waals surface area contributed by atoms with E-state index in [2.05, 4.69) is 5.32 Å². The van der Waals surface area contributed by atoms with Crippen molar-refractivity contribution in [2.75, 3.05) is 23.9 Å². The van der Waals surface area contributed by atoms with Crippen LogP contribution in [-0.2, 0) is 26.0 Å². The number of hydrogen-bond acceptors (Lipinski definition) is 4. The van der Waals surface area contributed by atoms with Gasteiger partial charge in [-0.2, -0.15) is 0 Å². The Balaban J connectivity index is 2.01. The molecule has 9 heteroatoms. The van der Waals surface area contributed by atoms with Crippen LogP contribution in [0.4, 0.5) is 5.69 Å². The van der Waals surface area contributed by atoms with E-state index < -0.39 is 28.5 Å². The monoisotopic (exact) mass is 583 g/mol. The number of carbonyl (C=O) groups is 2. The van der Waals surface area contributed by atoms with E-state index in [0.29, 0.717) is 35.7 Å². The van der Waals surface area contributed by atoms with E-state index in [0.717, 1.165) is 22.7 Å². The third-order valence-corrected chi connectivity index (χ3v) is 9.00. The molecule has 0 radical (unpaired) electrons. The predicted molar refractivity (Wildman–Crippen MR) is 161 cm³/mol. The van der Waals surface area contributed by atoms with Crippen LogP contribution in [0.1, 0.15) is 44.2 Å². The van der Waals surface area contributed by atoms with Crippen molar-refractivity contribution in [1.82, 2.24) is 10.2 Å². The average Bonchev–Trinajstić information content (AvgIpc) is 2.96. The zero-order valence-corrected chi connectivity index (χ0v) is 24.9. The summed E-state index contributed by atoms with van der Waals surface area (Å²) in [4.78, 5) is 28.9. The Hall–Kier alpha value is -3.36. The highest BCUT2D eigenvalue weighted by Gasteiger charge is 2.34. The average molecular weight is 584 g/mol. The van der Waals surface area contributed by atoms with Crippen molar-refractivity contribution in [1.29, 1.82) is 0 Å². The van der Waals surface area contributed by atoms with E-state index in [9.17, 15) is 18.0 Å². The van der Waals surface area contributed by atoms with E-state index in [1.54, 1.807) is 43.3 Å². The molecule has 2 amide bonds. The Morgan fingerprint density at radius 2 is 1.57 bits per heavy atom. The van der Waals surface area contributed by atoms with Gasteiger partial charge in [-0.3, -0.25) is 13.9 Å². The maximum absolute atomic E-state index is 14.1. The number of unbranched alkanes of at least 4 members (excludes halogenated alkanes) is 1. The van der Waals surface area contributed by atoms with Crippen molar-refractivity contribution >= 4 is 39.1 Å². The molecule has 0 spiro atoms. The zero-order valence-electron chi connectivity index (χ0n) is 23.3. The number of amides is 2. The molecule has 0 fully saturated rings. The predicted octanol–water partition coefficient (Wildman–Crippen LogP) is 5.61. The van der Waals surface area contributed by atoms with Gasteiger partial charge < -0.3 is 10.2 Å². The molecule has 7 nitrogen and oxygen atoms in total. The minimum absolute atomic E-state index is 0.0577. The molecule has 3 aromatic rings. The summed E-state index contributed by atoms with van der Waals surface area (Å²) in [6.07, 6.45) is 2.67. The van der Waals surface area contributed by atoms with Crippen LogP contribution < -0.4 is 9.62 Å². The Bertz CT molecular complexity index is 1370. The molecule has 40 heavy (non-hydrogen) atoms. The lowest BCUT2D eigenvalue weighted by atomic mass is 10.1. The second-order valence-corrected chi connectivity index (χ2v) is 11.9. The summed E-state index contributed by atoms with van der Waals surface area (Å²) in [7, 11) is -4.13. The van der Waals surface area contributed by atoms with Crippen LogP contribution in [-0.4, -0.2) is 50.8 Å². The molecule has 0 aliphatic rings. The van der Waals surface area contributed by atoms with Gasteiger partial charge in [-0.05, 0) is 61.6 Å². The number of sulfonamides is 1. The summed E-state index contributed by atoms with van der Waals surface area (Å²) < 4.78 is 28.9. The van der Waals surface area contributed by atoms with E-state index in [1.807, 2.05) is 44.2 Å². The van der Waals surface area contributed by atoms with Crippen LogP contribution in [0.5, 0.6) is 0 Å². The van der Waals surface area contributed by atoms with Gasteiger partial charge in [0.25, 0.3) is 10.0 Å². The highest BCUT2D eigenvalue weighted by atomic mass is 35.5. The summed E-state index contributed by atoms with van der Waals surface area (Å²) in [5.74, 6) is -0.707. The SMILES string of the molecule is CCCCNC(=O)[C@H](CC)N(CCc1ccccc1)C(=O)CN(c1cccc(Cl)c1C)S(=O)(=O)c1ccccc1. The molecule has 0 aromatic heterocycles. The van der Waals surface area contributed by atoms with Crippen molar-refractivity contribution in [2.24, 2.45) is 0 Å². The number of nitrogens with one attached hydrogen (secondary N) is 1. The Kier molecular flexibility index (Phi) is 11.6. The maximum atomic E-state index is 14.1. The second kappa shape index (κ2) is 14.9. The second-order valence-electron chi connectivity index (χ2n) is 9.60. The van der Waals surface area contributed by atoms with Gasteiger partial charge in [0.1, 0.15) is 12.6 Å². The lowest BCUT2D eigenvalue weighted by molar-refractivity contribution is -0.139. The van der Waals surface area contributed by atoms with Crippen LogP contribution in [0.2, 0.25) is 5.02 Å². The van der Waals surface area contributed by atoms with Gasteiger partial charge in [0.2, 0.25) is 11.8 Å². The molecule has 3 rings (SSSR count). The van der Waals surface area contributed by atoms with Crippen LogP contribution in [0.15, 0.2) is 83.8 Å². The standard InChI is InChI=1S/C31H38ClN3O4S/c1-4-6-21-33-31(37)28(5-2)34(22-20-25-14-9-7-10-15-25)30(36)23-35(29-19-13-18-27(32)24(29)3)40(38,39)26-16-11-8-12-17-26/h7-19,28H,4-6,20-23H2,1-3H3,(H,33,37)/t28-/m0/s1. The number of anilines is 1. The highest BCUT2D eigenvalue weighted by molar-refractivity contribution is 7.92. The molecule has 0 saturated heterocycles. The molecule has 1 atom stereocenters. The molecule has 0 aliphatic carbocycles. The minimum atomic E-state index is -4.13. The van der Waals surface area contributed by atoms with Gasteiger partial charge in [0.15, 0.2) is 0 Å². The number of carbonyl (C=O) groups excluding carboxylic acids is 2. The van der Waals surface area contributed by atoms with Gasteiger partial charge >= 0.3 is 0 Å². The van der Waals surface area contributed by atoms with Gasteiger partial charge in [-0.1, -0.05) is 86.5 Å². The molecule has 3 aromatic carbocycles. The number of nitrogens with zero attached hydrogens (tertiary/aromatic N) is 2. The first-order valence-corrected chi connectivity index (χ1v) is 15.5. The van der Waals surface area contributed by atoms with E-state index in [-0.39, 0.29) is 17.3 Å². The summed E-state index contributed by atoms with van der Waals surface area (Å²) in [5.41, 5.74) is 1.87. The Morgan fingerprint density at radius 3 is 2.20 bits per heavy atom. The maximum Gasteiger partial charge on any atom is 0.264 e. The van der Waals surface area contributed by atoms with Crippen LogP contribution >= 0.6 is 11.6 Å². The first kappa shape index (κ1) is 31.2. The number of halogens is 1. The minimum Gasteiger partial charge on any atom is -0.354 e. The molecule has 1 N–H and O–H groups in total. The summed E-state index contributed by atoms with van der Waals surface area (Å²) in [5, 5.41) is 3.33. The Morgan fingerprint density at radius 1 is 0.925 bits per heavy atom. The molecule has 0 heterocycles. The lowest BCUT2D eigenvalue weighted by Gasteiger charge is -2.33. The third kappa shape index (κ3) is 7.86.